The summed E-state index contributed by atoms with van der Waals surface area (Å²) in [5, 5.41) is 1.91. The van der Waals surface area contributed by atoms with Crippen molar-refractivity contribution < 1.29 is 22.8 Å². The molecule has 0 spiro atoms. The monoisotopic (exact) mass is 378 g/mol. The van der Waals surface area contributed by atoms with Crippen LogP contribution in [0.15, 0.2) is 34.4 Å². The molecule has 0 unspecified atom stereocenters. The minimum Gasteiger partial charge on any atom is -0.287 e. The molecule has 0 radical (unpaired) electrons. The standard InChI is InChI=1S/C12H6BrF3N2O2S/c13-9-2-1-8(21-9)11(20)18-10(19)6-5-17-4-3-7(6)12(14,15)16/h1-5H,(H,18,19,20). The van der Waals surface area contributed by atoms with E-state index in [0.29, 0.717) is 9.85 Å². The minimum atomic E-state index is -4.70. The van der Waals surface area contributed by atoms with Crippen molar-refractivity contribution in [2.24, 2.45) is 0 Å². The predicted molar refractivity (Wildman–Crippen MR) is 73.1 cm³/mol. The lowest BCUT2D eigenvalue weighted by atomic mass is 10.1. The lowest BCUT2D eigenvalue weighted by molar-refractivity contribution is -0.138. The Balaban J connectivity index is 2.24. The number of hydrogen-bond acceptors (Lipinski definition) is 4. The van der Waals surface area contributed by atoms with E-state index in [9.17, 15) is 22.8 Å². The molecule has 0 bridgehead atoms. The number of carbonyl (C=O) groups excluding carboxylic acids is 2. The molecule has 0 aliphatic rings. The highest BCUT2D eigenvalue weighted by molar-refractivity contribution is 9.11. The number of rotatable bonds is 2. The number of hydrogen-bond donors (Lipinski definition) is 1. The largest absolute Gasteiger partial charge is 0.417 e. The molecule has 0 aliphatic carbocycles. The molecule has 0 aromatic carbocycles. The Kier molecular flexibility index (Phi) is 4.43. The second kappa shape index (κ2) is 5.94. The number of amides is 2. The van der Waals surface area contributed by atoms with Gasteiger partial charge in [-0.2, -0.15) is 13.2 Å². The van der Waals surface area contributed by atoms with Crippen molar-refractivity contribution >= 4 is 39.1 Å². The van der Waals surface area contributed by atoms with Gasteiger partial charge in [-0.25, -0.2) is 0 Å². The van der Waals surface area contributed by atoms with Crippen LogP contribution in [0.25, 0.3) is 0 Å². The summed E-state index contributed by atoms with van der Waals surface area (Å²) in [5.41, 5.74) is -1.84. The Hall–Kier alpha value is -1.74. The van der Waals surface area contributed by atoms with Crippen LogP contribution < -0.4 is 5.32 Å². The van der Waals surface area contributed by atoms with E-state index in [0.717, 1.165) is 23.7 Å². The molecule has 0 saturated heterocycles. The van der Waals surface area contributed by atoms with Gasteiger partial charge in [0.05, 0.1) is 19.8 Å². The predicted octanol–water partition coefficient (Wildman–Crippen LogP) is 3.49. The normalized spacial score (nSPS) is 11.2. The number of imide groups is 1. The van der Waals surface area contributed by atoms with E-state index in [4.69, 9.17) is 0 Å². The van der Waals surface area contributed by atoms with E-state index in [1.165, 1.54) is 6.07 Å². The molecule has 21 heavy (non-hydrogen) atoms. The van der Waals surface area contributed by atoms with Crippen molar-refractivity contribution in [3.8, 4) is 0 Å². The highest BCUT2D eigenvalue weighted by atomic mass is 79.9. The molecule has 2 amide bonds. The molecule has 0 saturated carbocycles. The summed E-state index contributed by atoms with van der Waals surface area (Å²) in [6.07, 6.45) is -3.00. The SMILES string of the molecule is O=C(NC(=O)c1cnccc1C(F)(F)F)c1ccc(Br)s1. The zero-order valence-corrected chi connectivity index (χ0v) is 12.5. The number of carbonyl (C=O) groups is 2. The summed E-state index contributed by atoms with van der Waals surface area (Å²) in [6, 6.07) is 3.72. The van der Waals surface area contributed by atoms with Crippen molar-refractivity contribution in [2.45, 2.75) is 6.18 Å². The molecular formula is C12H6BrF3N2O2S. The molecule has 4 nitrogen and oxygen atoms in total. The number of nitrogens with zero attached hydrogens (tertiary/aromatic N) is 1. The topological polar surface area (TPSA) is 59.1 Å². The van der Waals surface area contributed by atoms with E-state index < -0.39 is 29.1 Å². The van der Waals surface area contributed by atoms with Crippen LogP contribution in [0.2, 0.25) is 0 Å². The number of aromatic nitrogens is 1. The summed E-state index contributed by atoms with van der Waals surface area (Å²) in [6.45, 7) is 0. The third-order valence-electron chi connectivity index (χ3n) is 2.40. The van der Waals surface area contributed by atoms with Gasteiger partial charge in [0.15, 0.2) is 0 Å². The Bertz CT molecular complexity index is 700. The highest BCUT2D eigenvalue weighted by Crippen LogP contribution is 2.31. The first-order chi connectivity index (χ1) is 9.79. The summed E-state index contributed by atoms with van der Waals surface area (Å²) in [5.74, 6) is -1.92. The van der Waals surface area contributed by atoms with Gasteiger partial charge in [-0.15, -0.1) is 11.3 Å². The second-order valence-corrected chi connectivity index (χ2v) is 6.27. The number of alkyl halides is 3. The second-order valence-electron chi connectivity index (χ2n) is 3.81. The number of nitrogens with one attached hydrogen (secondary N) is 1. The van der Waals surface area contributed by atoms with Crippen LogP contribution in [0.4, 0.5) is 13.2 Å². The number of pyridine rings is 1. The molecule has 0 fully saturated rings. The maximum atomic E-state index is 12.8. The van der Waals surface area contributed by atoms with Crippen molar-refractivity contribution in [3.05, 3.63) is 50.4 Å². The van der Waals surface area contributed by atoms with Crippen molar-refractivity contribution in [1.82, 2.24) is 10.3 Å². The summed E-state index contributed by atoms with van der Waals surface area (Å²) < 4.78 is 39.0. The molecule has 2 aromatic rings. The first kappa shape index (κ1) is 15.6. The maximum Gasteiger partial charge on any atom is 0.417 e. The van der Waals surface area contributed by atoms with Gasteiger partial charge in [0, 0.05) is 12.4 Å². The van der Waals surface area contributed by atoms with Crippen LogP contribution >= 0.6 is 27.3 Å². The van der Waals surface area contributed by atoms with Crippen LogP contribution in [-0.2, 0) is 6.18 Å². The Morgan fingerprint density at radius 3 is 2.48 bits per heavy atom. The van der Waals surface area contributed by atoms with Gasteiger partial charge in [0.2, 0.25) is 0 Å². The maximum absolute atomic E-state index is 12.8. The molecule has 9 heteroatoms. The van der Waals surface area contributed by atoms with Crippen LogP contribution in [0.5, 0.6) is 0 Å². The zero-order valence-electron chi connectivity index (χ0n) is 10.1. The molecule has 0 atom stereocenters. The van der Waals surface area contributed by atoms with E-state index >= 15 is 0 Å². The van der Waals surface area contributed by atoms with Crippen LogP contribution in [-0.4, -0.2) is 16.8 Å². The Morgan fingerprint density at radius 2 is 1.90 bits per heavy atom. The minimum absolute atomic E-state index is 0.202. The zero-order chi connectivity index (χ0) is 15.6. The molecule has 1 N–H and O–H groups in total. The van der Waals surface area contributed by atoms with Crippen molar-refractivity contribution in [2.75, 3.05) is 0 Å². The van der Waals surface area contributed by atoms with Gasteiger partial charge in [-0.05, 0) is 34.1 Å². The smallest absolute Gasteiger partial charge is 0.287 e. The Labute approximate surface area is 129 Å². The molecular weight excluding hydrogens is 373 g/mol. The van der Waals surface area contributed by atoms with Gasteiger partial charge in [-0.3, -0.25) is 19.9 Å². The van der Waals surface area contributed by atoms with Gasteiger partial charge >= 0.3 is 6.18 Å². The lowest BCUT2D eigenvalue weighted by Crippen LogP contribution is -2.31. The van der Waals surface area contributed by atoms with Crippen molar-refractivity contribution in [1.29, 1.82) is 0 Å². The average Bonchev–Trinajstić information content (AvgIpc) is 2.84. The molecule has 110 valence electrons. The van der Waals surface area contributed by atoms with Crippen LogP contribution in [0.1, 0.15) is 25.6 Å². The quantitative estimate of drug-likeness (QED) is 0.813. The van der Waals surface area contributed by atoms with Crippen LogP contribution in [0, 0.1) is 0 Å². The average molecular weight is 379 g/mol. The molecule has 2 rings (SSSR count). The van der Waals surface area contributed by atoms with Crippen molar-refractivity contribution in [3.63, 3.8) is 0 Å². The summed E-state index contributed by atoms with van der Waals surface area (Å²) in [4.78, 5) is 27.3. The summed E-state index contributed by atoms with van der Waals surface area (Å²) >= 11 is 4.20. The lowest BCUT2D eigenvalue weighted by Gasteiger charge is -2.11. The molecule has 2 aromatic heterocycles. The highest BCUT2D eigenvalue weighted by Gasteiger charge is 2.35. The van der Waals surface area contributed by atoms with Gasteiger partial charge in [0.1, 0.15) is 0 Å². The van der Waals surface area contributed by atoms with E-state index in [2.05, 4.69) is 20.9 Å². The van der Waals surface area contributed by atoms with E-state index in [1.54, 1.807) is 6.07 Å². The van der Waals surface area contributed by atoms with Gasteiger partial charge in [-0.1, -0.05) is 0 Å². The van der Waals surface area contributed by atoms with Crippen LogP contribution in [0.3, 0.4) is 0 Å². The third-order valence-corrected chi connectivity index (χ3v) is 4.02. The fraction of sp³-hybridized carbons (Fsp3) is 0.0833. The summed E-state index contributed by atoms with van der Waals surface area (Å²) in [7, 11) is 0. The first-order valence-corrected chi connectivity index (χ1v) is 7.02. The van der Waals surface area contributed by atoms with E-state index in [-0.39, 0.29) is 4.88 Å². The Morgan fingerprint density at radius 1 is 1.19 bits per heavy atom. The molecule has 2 heterocycles. The fourth-order valence-corrected chi connectivity index (χ4v) is 2.77. The van der Waals surface area contributed by atoms with Gasteiger partial charge < -0.3 is 0 Å². The third kappa shape index (κ3) is 3.67. The van der Waals surface area contributed by atoms with Gasteiger partial charge in [0.25, 0.3) is 11.8 Å². The molecule has 0 aliphatic heterocycles. The fourth-order valence-electron chi connectivity index (χ4n) is 1.49. The van der Waals surface area contributed by atoms with E-state index in [1.807, 2.05) is 5.32 Å². The number of halogens is 4. The first-order valence-electron chi connectivity index (χ1n) is 5.41. The number of thiophene rings is 1.